The number of aliphatic imine (C=N–C) groups is 1. The van der Waals surface area contributed by atoms with Crippen LogP contribution in [-0.4, -0.2) is 63.9 Å². The van der Waals surface area contributed by atoms with E-state index in [1.54, 1.807) is 38.4 Å². The van der Waals surface area contributed by atoms with E-state index in [0.717, 1.165) is 0 Å². The number of nitrogens with one attached hydrogen (secondary N) is 4. The first kappa shape index (κ1) is 26.8. The van der Waals surface area contributed by atoms with Gasteiger partial charge in [0, 0.05) is 38.8 Å². The van der Waals surface area contributed by atoms with Gasteiger partial charge >= 0.3 is 6.09 Å². The molecule has 1 aromatic rings. The van der Waals surface area contributed by atoms with Crippen LogP contribution in [0.5, 0.6) is 5.75 Å². The molecule has 0 aliphatic heterocycles. The fourth-order valence-corrected chi connectivity index (χ4v) is 2.08. The maximum absolute atomic E-state index is 12.1. The average molecular weight is 521 g/mol. The first-order chi connectivity index (χ1) is 13.2. The highest BCUT2D eigenvalue weighted by atomic mass is 127. The largest absolute Gasteiger partial charge is 0.497 e. The molecule has 0 heterocycles. The van der Waals surface area contributed by atoms with Gasteiger partial charge in [0.15, 0.2) is 5.96 Å². The van der Waals surface area contributed by atoms with Crippen LogP contribution in [0.4, 0.5) is 4.79 Å². The van der Waals surface area contributed by atoms with Crippen molar-refractivity contribution < 1.29 is 19.1 Å². The highest BCUT2D eigenvalue weighted by Gasteiger charge is 2.15. The summed E-state index contributed by atoms with van der Waals surface area (Å²) in [4.78, 5) is 27.7. The van der Waals surface area contributed by atoms with Crippen LogP contribution in [-0.2, 0) is 4.74 Å². The Bertz CT molecular complexity index is 660. The Labute approximate surface area is 189 Å². The number of carbonyl (C=O) groups is 2. The minimum Gasteiger partial charge on any atom is -0.497 e. The van der Waals surface area contributed by atoms with Crippen molar-refractivity contribution in [3.63, 3.8) is 0 Å². The minimum absolute atomic E-state index is 0. The van der Waals surface area contributed by atoms with E-state index >= 15 is 0 Å². The van der Waals surface area contributed by atoms with Crippen LogP contribution in [0.1, 0.15) is 31.1 Å². The molecule has 1 rings (SSSR count). The number of benzene rings is 1. The van der Waals surface area contributed by atoms with Gasteiger partial charge in [-0.2, -0.15) is 0 Å². The fourth-order valence-electron chi connectivity index (χ4n) is 2.08. The first-order valence-electron chi connectivity index (χ1n) is 9.09. The van der Waals surface area contributed by atoms with Crippen LogP contribution in [0.15, 0.2) is 29.3 Å². The van der Waals surface area contributed by atoms with Crippen molar-refractivity contribution in [1.82, 2.24) is 21.3 Å². The van der Waals surface area contributed by atoms with Gasteiger partial charge in [-0.3, -0.25) is 9.79 Å². The standard InChI is InChI=1S/C19H31N5O4.HI/c1-19(2,3)28-18(26)24-13-12-23-17(20-4)22-11-10-21-16(25)14-6-8-15(27-5)9-7-14;/h6-9H,10-13H2,1-5H3,(H,21,25)(H,24,26)(H2,20,22,23);1H. The summed E-state index contributed by atoms with van der Waals surface area (Å²) in [6.45, 7) is 7.24. The highest BCUT2D eigenvalue weighted by Crippen LogP contribution is 2.10. The highest BCUT2D eigenvalue weighted by molar-refractivity contribution is 14.0. The number of amides is 2. The van der Waals surface area contributed by atoms with Gasteiger partial charge in [-0.1, -0.05) is 0 Å². The number of hydrogen-bond acceptors (Lipinski definition) is 5. The second kappa shape index (κ2) is 13.9. The Morgan fingerprint density at radius 2 is 1.45 bits per heavy atom. The van der Waals surface area contributed by atoms with Crippen molar-refractivity contribution in [2.45, 2.75) is 26.4 Å². The molecular formula is C19H32IN5O4. The Hall–Kier alpha value is -2.24. The lowest BCUT2D eigenvalue weighted by atomic mass is 10.2. The predicted molar refractivity (Wildman–Crippen MR) is 124 cm³/mol. The molecule has 164 valence electrons. The van der Waals surface area contributed by atoms with Gasteiger partial charge in [0.2, 0.25) is 0 Å². The number of carbonyl (C=O) groups excluding carboxylic acids is 2. The topological polar surface area (TPSA) is 113 Å². The van der Waals surface area contributed by atoms with E-state index in [4.69, 9.17) is 9.47 Å². The summed E-state index contributed by atoms with van der Waals surface area (Å²) >= 11 is 0. The van der Waals surface area contributed by atoms with E-state index in [-0.39, 0.29) is 29.9 Å². The summed E-state index contributed by atoms with van der Waals surface area (Å²) in [5, 5.41) is 11.6. The van der Waals surface area contributed by atoms with Crippen LogP contribution in [0.25, 0.3) is 0 Å². The molecule has 2 amide bonds. The monoisotopic (exact) mass is 521 g/mol. The number of rotatable bonds is 8. The lowest BCUT2D eigenvalue weighted by molar-refractivity contribution is 0.0528. The Kier molecular flexibility index (Phi) is 12.8. The van der Waals surface area contributed by atoms with E-state index in [0.29, 0.717) is 43.5 Å². The van der Waals surface area contributed by atoms with Crippen molar-refractivity contribution in [1.29, 1.82) is 0 Å². The molecule has 0 fully saturated rings. The molecule has 0 aliphatic rings. The molecule has 10 heteroatoms. The van der Waals surface area contributed by atoms with E-state index in [1.807, 2.05) is 20.8 Å². The zero-order chi connectivity index (χ0) is 21.0. The lowest BCUT2D eigenvalue weighted by Crippen LogP contribution is -2.44. The molecule has 0 saturated carbocycles. The Balaban J connectivity index is 0.00000784. The maximum atomic E-state index is 12.1. The fraction of sp³-hybridized carbons (Fsp3) is 0.526. The van der Waals surface area contributed by atoms with Crippen molar-refractivity contribution in [3.8, 4) is 5.75 Å². The SMILES string of the molecule is CN=C(NCCNC(=O)OC(C)(C)C)NCCNC(=O)c1ccc(OC)cc1.I. The van der Waals surface area contributed by atoms with Gasteiger partial charge in [-0.25, -0.2) is 4.79 Å². The maximum Gasteiger partial charge on any atom is 0.407 e. The molecule has 0 spiro atoms. The van der Waals surface area contributed by atoms with Gasteiger partial charge in [-0.15, -0.1) is 24.0 Å². The second-order valence-electron chi connectivity index (χ2n) is 6.84. The van der Waals surface area contributed by atoms with E-state index < -0.39 is 11.7 Å². The van der Waals surface area contributed by atoms with E-state index in [1.165, 1.54) is 0 Å². The van der Waals surface area contributed by atoms with Crippen LogP contribution in [0, 0.1) is 0 Å². The number of guanidine groups is 1. The molecule has 4 N–H and O–H groups in total. The van der Waals surface area contributed by atoms with Crippen molar-refractivity contribution >= 4 is 41.9 Å². The summed E-state index contributed by atoms with van der Waals surface area (Å²) in [6, 6.07) is 6.90. The molecule has 0 saturated heterocycles. The molecular weight excluding hydrogens is 489 g/mol. The van der Waals surface area contributed by atoms with Crippen LogP contribution in [0.2, 0.25) is 0 Å². The summed E-state index contributed by atoms with van der Waals surface area (Å²) in [6.07, 6.45) is -0.460. The predicted octanol–water partition coefficient (Wildman–Crippen LogP) is 1.73. The molecule has 0 unspecified atom stereocenters. The minimum atomic E-state index is -0.522. The van der Waals surface area contributed by atoms with Gasteiger partial charge in [0.1, 0.15) is 11.4 Å². The lowest BCUT2D eigenvalue weighted by Gasteiger charge is -2.20. The molecule has 1 aromatic carbocycles. The third-order valence-electron chi connectivity index (χ3n) is 3.36. The number of nitrogens with zero attached hydrogens (tertiary/aromatic N) is 1. The number of alkyl carbamates (subject to hydrolysis) is 1. The summed E-state index contributed by atoms with van der Waals surface area (Å²) in [7, 11) is 3.22. The van der Waals surface area contributed by atoms with Gasteiger partial charge in [0.25, 0.3) is 5.91 Å². The van der Waals surface area contributed by atoms with Crippen molar-refractivity contribution in [2.75, 3.05) is 40.3 Å². The number of ether oxygens (including phenoxy) is 2. The molecule has 29 heavy (non-hydrogen) atoms. The van der Waals surface area contributed by atoms with Crippen LogP contribution < -0.4 is 26.0 Å². The zero-order valence-corrected chi connectivity index (χ0v) is 20.0. The molecule has 0 aromatic heterocycles. The van der Waals surface area contributed by atoms with Crippen LogP contribution >= 0.6 is 24.0 Å². The normalized spacial score (nSPS) is 11.0. The van der Waals surface area contributed by atoms with Crippen molar-refractivity contribution in [2.24, 2.45) is 4.99 Å². The second-order valence-corrected chi connectivity index (χ2v) is 6.84. The average Bonchev–Trinajstić information content (AvgIpc) is 2.65. The van der Waals surface area contributed by atoms with E-state index in [9.17, 15) is 9.59 Å². The van der Waals surface area contributed by atoms with Gasteiger partial charge < -0.3 is 30.7 Å². The smallest absolute Gasteiger partial charge is 0.407 e. The van der Waals surface area contributed by atoms with E-state index in [2.05, 4.69) is 26.3 Å². The molecule has 9 nitrogen and oxygen atoms in total. The first-order valence-corrected chi connectivity index (χ1v) is 9.09. The zero-order valence-electron chi connectivity index (χ0n) is 17.6. The number of halogens is 1. The molecule has 0 bridgehead atoms. The molecule has 0 atom stereocenters. The van der Waals surface area contributed by atoms with Crippen LogP contribution in [0.3, 0.4) is 0 Å². The Morgan fingerprint density at radius 3 is 1.93 bits per heavy atom. The third kappa shape index (κ3) is 12.0. The Morgan fingerprint density at radius 1 is 0.931 bits per heavy atom. The van der Waals surface area contributed by atoms with Gasteiger partial charge in [-0.05, 0) is 45.0 Å². The molecule has 0 radical (unpaired) electrons. The number of methoxy groups -OCH3 is 1. The van der Waals surface area contributed by atoms with Crippen molar-refractivity contribution in [3.05, 3.63) is 29.8 Å². The molecule has 0 aliphatic carbocycles. The van der Waals surface area contributed by atoms with Gasteiger partial charge in [0.05, 0.1) is 7.11 Å². The summed E-state index contributed by atoms with van der Waals surface area (Å²) in [5.41, 5.74) is 0.0438. The number of hydrogen-bond donors (Lipinski definition) is 4. The summed E-state index contributed by atoms with van der Waals surface area (Å²) < 4.78 is 10.2. The summed E-state index contributed by atoms with van der Waals surface area (Å²) in [5.74, 6) is 1.12. The third-order valence-corrected chi connectivity index (χ3v) is 3.36. The quantitative estimate of drug-likeness (QED) is 0.180.